The SMILES string of the molecule is CC(C)(C)SCC(=O)NCC1CNC1. The first-order valence-corrected chi connectivity index (χ1v) is 6.07. The maximum atomic E-state index is 11.4. The molecule has 0 aromatic heterocycles. The molecule has 3 nitrogen and oxygen atoms in total. The molecule has 0 aromatic carbocycles. The first kappa shape index (κ1) is 11.9. The zero-order chi connectivity index (χ0) is 10.6. The lowest BCUT2D eigenvalue weighted by Gasteiger charge is -2.27. The number of hydrogen-bond acceptors (Lipinski definition) is 3. The van der Waals surface area contributed by atoms with Gasteiger partial charge in [-0.1, -0.05) is 20.8 Å². The average Bonchev–Trinajstić information content (AvgIpc) is 1.96. The second-order valence-electron chi connectivity index (χ2n) is 4.73. The van der Waals surface area contributed by atoms with Crippen molar-refractivity contribution in [3.8, 4) is 0 Å². The van der Waals surface area contributed by atoms with E-state index in [1.807, 2.05) is 0 Å². The summed E-state index contributed by atoms with van der Waals surface area (Å²) >= 11 is 1.69. The maximum Gasteiger partial charge on any atom is 0.230 e. The largest absolute Gasteiger partial charge is 0.355 e. The quantitative estimate of drug-likeness (QED) is 0.732. The van der Waals surface area contributed by atoms with E-state index in [1.54, 1.807) is 11.8 Å². The molecule has 4 heteroatoms. The van der Waals surface area contributed by atoms with Gasteiger partial charge >= 0.3 is 0 Å². The van der Waals surface area contributed by atoms with E-state index in [1.165, 1.54) is 0 Å². The van der Waals surface area contributed by atoms with Gasteiger partial charge in [0.2, 0.25) is 5.91 Å². The predicted octanol–water partition coefficient (Wildman–Crippen LogP) is 0.854. The number of nitrogens with one attached hydrogen (secondary N) is 2. The molecule has 0 spiro atoms. The van der Waals surface area contributed by atoms with Crippen LogP contribution in [-0.4, -0.2) is 36.0 Å². The Balaban J connectivity index is 2.03. The first-order chi connectivity index (χ1) is 6.47. The van der Waals surface area contributed by atoms with Crippen LogP contribution in [0.25, 0.3) is 0 Å². The fourth-order valence-electron chi connectivity index (χ4n) is 1.08. The van der Waals surface area contributed by atoms with Crippen molar-refractivity contribution in [2.45, 2.75) is 25.5 Å². The number of thioether (sulfide) groups is 1. The summed E-state index contributed by atoms with van der Waals surface area (Å²) in [4.78, 5) is 11.4. The van der Waals surface area contributed by atoms with Crippen LogP contribution in [-0.2, 0) is 4.79 Å². The van der Waals surface area contributed by atoms with E-state index < -0.39 is 0 Å². The van der Waals surface area contributed by atoms with Gasteiger partial charge in [0.15, 0.2) is 0 Å². The minimum atomic E-state index is 0.164. The van der Waals surface area contributed by atoms with Gasteiger partial charge in [0.1, 0.15) is 0 Å². The zero-order valence-corrected chi connectivity index (χ0v) is 10.0. The molecule has 2 N–H and O–H groups in total. The highest BCUT2D eigenvalue weighted by Gasteiger charge is 2.18. The third-order valence-corrected chi connectivity index (χ3v) is 3.36. The Morgan fingerprint density at radius 1 is 1.50 bits per heavy atom. The molecule has 1 saturated heterocycles. The van der Waals surface area contributed by atoms with E-state index in [9.17, 15) is 4.79 Å². The molecule has 0 aliphatic carbocycles. The van der Waals surface area contributed by atoms with Gasteiger partial charge in [-0.2, -0.15) is 0 Å². The first-order valence-electron chi connectivity index (χ1n) is 5.09. The molecule has 1 aliphatic heterocycles. The Labute approximate surface area is 90.4 Å². The molecular formula is C10H20N2OS. The molecule has 14 heavy (non-hydrogen) atoms. The standard InChI is InChI=1S/C10H20N2OS/c1-10(2,3)14-7-9(13)12-6-8-4-11-5-8/h8,11H,4-7H2,1-3H3,(H,12,13). The summed E-state index contributed by atoms with van der Waals surface area (Å²) in [6.07, 6.45) is 0. The second-order valence-corrected chi connectivity index (χ2v) is 6.53. The van der Waals surface area contributed by atoms with Gasteiger partial charge in [0.05, 0.1) is 5.75 Å². The molecule has 0 unspecified atom stereocenters. The summed E-state index contributed by atoms with van der Waals surface area (Å²) in [6.45, 7) is 9.30. The van der Waals surface area contributed by atoms with Crippen molar-refractivity contribution in [2.24, 2.45) is 5.92 Å². The van der Waals surface area contributed by atoms with Gasteiger partial charge in [0, 0.05) is 30.3 Å². The molecule has 1 aliphatic rings. The summed E-state index contributed by atoms with van der Waals surface area (Å²) in [7, 11) is 0. The lowest BCUT2D eigenvalue weighted by molar-refractivity contribution is -0.118. The molecule has 1 heterocycles. The molecule has 82 valence electrons. The maximum absolute atomic E-state index is 11.4. The third kappa shape index (κ3) is 4.86. The highest BCUT2D eigenvalue weighted by molar-refractivity contribution is 8.01. The third-order valence-electron chi connectivity index (χ3n) is 2.09. The molecule has 1 rings (SSSR count). The average molecular weight is 216 g/mol. The van der Waals surface area contributed by atoms with E-state index in [2.05, 4.69) is 31.4 Å². The smallest absolute Gasteiger partial charge is 0.230 e. The monoisotopic (exact) mass is 216 g/mol. The molecule has 0 saturated carbocycles. The molecule has 0 radical (unpaired) electrons. The predicted molar refractivity (Wildman–Crippen MR) is 61.6 cm³/mol. The van der Waals surface area contributed by atoms with Crippen LogP contribution in [0.15, 0.2) is 0 Å². The van der Waals surface area contributed by atoms with E-state index in [0.717, 1.165) is 19.6 Å². The number of hydrogen-bond donors (Lipinski definition) is 2. The molecule has 0 bridgehead atoms. The number of carbonyl (C=O) groups excluding carboxylic acids is 1. The number of carbonyl (C=O) groups is 1. The van der Waals surface area contributed by atoms with Gasteiger partial charge in [-0.25, -0.2) is 0 Å². The minimum Gasteiger partial charge on any atom is -0.355 e. The van der Waals surface area contributed by atoms with Crippen LogP contribution >= 0.6 is 11.8 Å². The van der Waals surface area contributed by atoms with Gasteiger partial charge in [0.25, 0.3) is 0 Å². The van der Waals surface area contributed by atoms with Crippen molar-refractivity contribution < 1.29 is 4.79 Å². The Bertz CT molecular complexity index is 197. The number of amides is 1. The van der Waals surface area contributed by atoms with E-state index in [4.69, 9.17) is 0 Å². The van der Waals surface area contributed by atoms with Crippen LogP contribution in [0.4, 0.5) is 0 Å². The van der Waals surface area contributed by atoms with Crippen LogP contribution in [0, 0.1) is 5.92 Å². The van der Waals surface area contributed by atoms with Crippen LogP contribution in [0.3, 0.4) is 0 Å². The van der Waals surface area contributed by atoms with E-state index in [-0.39, 0.29) is 10.7 Å². The van der Waals surface area contributed by atoms with Gasteiger partial charge in [-0.3, -0.25) is 4.79 Å². The molecular weight excluding hydrogens is 196 g/mol. The molecule has 1 fully saturated rings. The fourth-order valence-corrected chi connectivity index (χ4v) is 1.75. The number of rotatable bonds is 4. The second kappa shape index (κ2) is 5.03. The van der Waals surface area contributed by atoms with Crippen LogP contribution in [0.1, 0.15) is 20.8 Å². The topological polar surface area (TPSA) is 41.1 Å². The van der Waals surface area contributed by atoms with Gasteiger partial charge in [-0.15, -0.1) is 11.8 Å². The van der Waals surface area contributed by atoms with Crippen molar-refractivity contribution in [3.63, 3.8) is 0 Å². The van der Waals surface area contributed by atoms with Crippen molar-refractivity contribution in [2.75, 3.05) is 25.4 Å². The Kier molecular flexibility index (Phi) is 4.26. The summed E-state index contributed by atoms with van der Waals surface area (Å²) in [5, 5.41) is 6.14. The van der Waals surface area contributed by atoms with E-state index >= 15 is 0 Å². The molecule has 0 atom stereocenters. The van der Waals surface area contributed by atoms with Crippen molar-refractivity contribution >= 4 is 17.7 Å². The Morgan fingerprint density at radius 2 is 2.14 bits per heavy atom. The van der Waals surface area contributed by atoms with Crippen LogP contribution in [0.2, 0.25) is 0 Å². The van der Waals surface area contributed by atoms with E-state index in [0.29, 0.717) is 11.7 Å². The lowest BCUT2D eigenvalue weighted by atomic mass is 10.0. The lowest BCUT2D eigenvalue weighted by Crippen LogP contribution is -2.48. The van der Waals surface area contributed by atoms with Gasteiger partial charge in [-0.05, 0) is 0 Å². The highest BCUT2D eigenvalue weighted by atomic mass is 32.2. The van der Waals surface area contributed by atoms with Crippen molar-refractivity contribution in [3.05, 3.63) is 0 Å². The van der Waals surface area contributed by atoms with Crippen molar-refractivity contribution in [1.82, 2.24) is 10.6 Å². The fraction of sp³-hybridized carbons (Fsp3) is 0.900. The summed E-state index contributed by atoms with van der Waals surface area (Å²) in [6, 6.07) is 0. The molecule has 1 amide bonds. The van der Waals surface area contributed by atoms with Crippen LogP contribution < -0.4 is 10.6 Å². The Hall–Kier alpha value is -0.220. The van der Waals surface area contributed by atoms with Crippen LogP contribution in [0.5, 0.6) is 0 Å². The highest BCUT2D eigenvalue weighted by Crippen LogP contribution is 2.22. The zero-order valence-electron chi connectivity index (χ0n) is 9.22. The molecule has 0 aromatic rings. The normalized spacial score (nSPS) is 17.6. The summed E-state index contributed by atoms with van der Waals surface area (Å²) < 4.78 is 0.176. The minimum absolute atomic E-state index is 0.164. The van der Waals surface area contributed by atoms with Gasteiger partial charge < -0.3 is 10.6 Å². The van der Waals surface area contributed by atoms with Crippen molar-refractivity contribution in [1.29, 1.82) is 0 Å². The summed E-state index contributed by atoms with van der Waals surface area (Å²) in [5.41, 5.74) is 0. The summed E-state index contributed by atoms with van der Waals surface area (Å²) in [5.74, 6) is 1.39. The Morgan fingerprint density at radius 3 is 2.57 bits per heavy atom.